The molecule has 0 aliphatic carbocycles. The van der Waals surface area contributed by atoms with Crippen LogP contribution in [0.2, 0.25) is 5.02 Å². The van der Waals surface area contributed by atoms with Crippen LogP contribution in [0.5, 0.6) is 17.2 Å². The van der Waals surface area contributed by atoms with E-state index in [1.54, 1.807) is 18.2 Å². The molecule has 2 rings (SSSR count). The third-order valence-electron chi connectivity index (χ3n) is 3.72. The van der Waals surface area contributed by atoms with Gasteiger partial charge in [-0.15, -0.1) is 0 Å². The van der Waals surface area contributed by atoms with Gasteiger partial charge in [0.05, 0.1) is 29.4 Å². The summed E-state index contributed by atoms with van der Waals surface area (Å²) in [5, 5.41) is 0.397. The van der Waals surface area contributed by atoms with E-state index in [1.807, 2.05) is 19.0 Å². The number of likely N-dealkylation sites (N-methyl/N-ethyl adjacent to an activating group) is 1. The van der Waals surface area contributed by atoms with Crippen LogP contribution >= 0.6 is 27.5 Å². The molecule has 0 spiro atoms. The zero-order valence-electron chi connectivity index (χ0n) is 16.0. The van der Waals surface area contributed by atoms with Crippen molar-refractivity contribution in [3.05, 3.63) is 39.8 Å². The second-order valence-corrected chi connectivity index (χ2v) is 8.87. The summed E-state index contributed by atoms with van der Waals surface area (Å²) in [5.41, 5.74) is 0.325. The van der Waals surface area contributed by atoms with Gasteiger partial charge in [0.15, 0.2) is 11.5 Å². The molecule has 0 radical (unpaired) electrons. The first-order chi connectivity index (χ1) is 13.2. The highest BCUT2D eigenvalue weighted by molar-refractivity contribution is 9.10. The predicted octanol–water partition coefficient (Wildman–Crippen LogP) is 3.86. The number of ether oxygens (including phenoxy) is 3. The van der Waals surface area contributed by atoms with E-state index >= 15 is 0 Å². The van der Waals surface area contributed by atoms with Gasteiger partial charge in [-0.3, -0.25) is 4.72 Å². The van der Waals surface area contributed by atoms with Gasteiger partial charge in [-0.05, 0) is 54.3 Å². The Kier molecular flexibility index (Phi) is 7.82. The topological polar surface area (TPSA) is 77.1 Å². The quantitative estimate of drug-likeness (QED) is 0.572. The van der Waals surface area contributed by atoms with Crippen LogP contribution in [-0.4, -0.2) is 54.8 Å². The first-order valence-corrected chi connectivity index (χ1v) is 10.9. The van der Waals surface area contributed by atoms with Crippen molar-refractivity contribution in [3.63, 3.8) is 0 Å². The number of methoxy groups -OCH3 is 2. The molecule has 154 valence electrons. The summed E-state index contributed by atoms with van der Waals surface area (Å²) >= 11 is 9.43. The number of hydrogen-bond acceptors (Lipinski definition) is 6. The molecule has 2 aromatic rings. The maximum absolute atomic E-state index is 12.9. The predicted molar refractivity (Wildman–Crippen MR) is 114 cm³/mol. The fourth-order valence-corrected chi connectivity index (χ4v) is 4.73. The summed E-state index contributed by atoms with van der Waals surface area (Å²) in [6, 6.07) is 7.64. The number of anilines is 1. The smallest absolute Gasteiger partial charge is 0.263 e. The van der Waals surface area contributed by atoms with Crippen molar-refractivity contribution in [2.75, 3.05) is 46.2 Å². The van der Waals surface area contributed by atoms with Crippen LogP contribution in [-0.2, 0) is 10.0 Å². The molecule has 0 atom stereocenters. The number of halogens is 2. The second kappa shape index (κ2) is 9.69. The zero-order valence-corrected chi connectivity index (χ0v) is 19.1. The minimum absolute atomic E-state index is 0.00942. The molecule has 28 heavy (non-hydrogen) atoms. The molecule has 1 N–H and O–H groups in total. The lowest BCUT2D eigenvalue weighted by atomic mass is 10.3. The molecule has 0 aliphatic heterocycles. The van der Waals surface area contributed by atoms with E-state index in [0.29, 0.717) is 35.4 Å². The lowest BCUT2D eigenvalue weighted by Crippen LogP contribution is -2.19. The first kappa shape index (κ1) is 22.6. The van der Waals surface area contributed by atoms with Crippen LogP contribution in [0.15, 0.2) is 39.7 Å². The van der Waals surface area contributed by atoms with Crippen LogP contribution in [0, 0.1) is 0 Å². The van der Waals surface area contributed by atoms with Gasteiger partial charge in [-0.2, -0.15) is 0 Å². The highest BCUT2D eigenvalue weighted by atomic mass is 79.9. The number of benzene rings is 2. The highest BCUT2D eigenvalue weighted by Gasteiger charge is 2.23. The van der Waals surface area contributed by atoms with Gasteiger partial charge >= 0.3 is 0 Å². The fourth-order valence-electron chi connectivity index (χ4n) is 2.30. The SMILES string of the molecule is COc1ccc(S(=O)(=O)Nc2ccc(Cl)c(OCCN(C)C)c2)c(Br)c1OC. The Balaban J connectivity index is 2.30. The van der Waals surface area contributed by atoms with Crippen molar-refractivity contribution in [2.24, 2.45) is 0 Å². The lowest BCUT2D eigenvalue weighted by molar-refractivity contribution is 0.261. The molecule has 0 fully saturated rings. The van der Waals surface area contributed by atoms with Gasteiger partial charge in [0.2, 0.25) is 0 Å². The van der Waals surface area contributed by atoms with Crippen LogP contribution in [0.25, 0.3) is 0 Å². The number of nitrogens with zero attached hydrogens (tertiary/aromatic N) is 1. The Morgan fingerprint density at radius 2 is 1.82 bits per heavy atom. The standard InChI is InChI=1S/C18H22BrClN2O5S/c1-22(2)9-10-27-15-11-12(5-6-13(15)20)21-28(23,24)16-8-7-14(25-3)18(26-4)17(16)19/h5-8,11,21H,9-10H2,1-4H3. The highest BCUT2D eigenvalue weighted by Crippen LogP contribution is 2.40. The Labute approximate surface area is 178 Å². The van der Waals surface area contributed by atoms with Crippen LogP contribution in [0.4, 0.5) is 5.69 Å². The van der Waals surface area contributed by atoms with E-state index in [2.05, 4.69) is 20.7 Å². The largest absolute Gasteiger partial charge is 0.493 e. The molecule has 2 aromatic carbocycles. The maximum atomic E-state index is 12.9. The summed E-state index contributed by atoms with van der Waals surface area (Å²) in [5.74, 6) is 1.10. The van der Waals surface area contributed by atoms with E-state index in [1.165, 1.54) is 26.4 Å². The third kappa shape index (κ3) is 5.44. The molecule has 10 heteroatoms. The number of hydrogen-bond donors (Lipinski definition) is 1. The minimum Gasteiger partial charge on any atom is -0.493 e. The summed E-state index contributed by atoms with van der Waals surface area (Å²) in [7, 11) is 2.86. The number of nitrogens with one attached hydrogen (secondary N) is 1. The summed E-state index contributed by atoms with van der Waals surface area (Å²) in [6.45, 7) is 1.12. The Morgan fingerprint density at radius 1 is 1.11 bits per heavy atom. The van der Waals surface area contributed by atoms with Gasteiger partial charge in [0, 0.05) is 12.6 Å². The molecule has 0 aromatic heterocycles. The molecule has 0 amide bonds. The van der Waals surface area contributed by atoms with Gasteiger partial charge in [-0.25, -0.2) is 8.42 Å². The van der Waals surface area contributed by atoms with Crippen LogP contribution in [0.1, 0.15) is 0 Å². The minimum atomic E-state index is -3.90. The van der Waals surface area contributed by atoms with Crippen molar-refractivity contribution in [3.8, 4) is 17.2 Å². The van der Waals surface area contributed by atoms with E-state index in [0.717, 1.165) is 0 Å². The van der Waals surface area contributed by atoms with Gasteiger partial charge < -0.3 is 19.1 Å². The lowest BCUT2D eigenvalue weighted by Gasteiger charge is -2.16. The Bertz CT molecular complexity index is 938. The molecular formula is C18H22BrClN2O5S. The first-order valence-electron chi connectivity index (χ1n) is 8.20. The molecule has 0 saturated heterocycles. The van der Waals surface area contributed by atoms with Crippen molar-refractivity contribution in [1.82, 2.24) is 4.90 Å². The van der Waals surface area contributed by atoms with Crippen molar-refractivity contribution >= 4 is 43.2 Å². The third-order valence-corrected chi connectivity index (χ3v) is 6.50. The van der Waals surface area contributed by atoms with Crippen molar-refractivity contribution < 1.29 is 22.6 Å². The fraction of sp³-hybridized carbons (Fsp3) is 0.333. The van der Waals surface area contributed by atoms with Crippen molar-refractivity contribution in [2.45, 2.75) is 4.90 Å². The summed E-state index contributed by atoms with van der Waals surface area (Å²) in [4.78, 5) is 1.98. The van der Waals surface area contributed by atoms with Crippen LogP contribution < -0.4 is 18.9 Å². The van der Waals surface area contributed by atoms with Crippen molar-refractivity contribution in [1.29, 1.82) is 0 Å². The molecule has 0 aliphatic rings. The van der Waals surface area contributed by atoms with E-state index in [4.69, 9.17) is 25.8 Å². The molecule has 7 nitrogen and oxygen atoms in total. The van der Waals surface area contributed by atoms with E-state index in [-0.39, 0.29) is 15.1 Å². The van der Waals surface area contributed by atoms with Gasteiger partial charge in [-0.1, -0.05) is 11.6 Å². The second-order valence-electron chi connectivity index (χ2n) is 6.02. The maximum Gasteiger partial charge on any atom is 0.263 e. The summed E-state index contributed by atoms with van der Waals surface area (Å²) in [6.07, 6.45) is 0. The van der Waals surface area contributed by atoms with Gasteiger partial charge in [0.25, 0.3) is 10.0 Å². The molecule has 0 bridgehead atoms. The normalized spacial score (nSPS) is 11.4. The zero-order chi connectivity index (χ0) is 20.9. The molecule has 0 unspecified atom stereocenters. The van der Waals surface area contributed by atoms with Crippen LogP contribution in [0.3, 0.4) is 0 Å². The average molecular weight is 494 g/mol. The van der Waals surface area contributed by atoms with E-state index in [9.17, 15) is 8.42 Å². The van der Waals surface area contributed by atoms with E-state index < -0.39 is 10.0 Å². The summed E-state index contributed by atoms with van der Waals surface area (Å²) < 4.78 is 44.6. The average Bonchev–Trinajstić information content (AvgIpc) is 2.63. The number of rotatable bonds is 9. The monoisotopic (exact) mass is 492 g/mol. The number of sulfonamides is 1. The van der Waals surface area contributed by atoms with Gasteiger partial charge in [0.1, 0.15) is 17.3 Å². The Hall–Kier alpha value is -1.68. The Morgan fingerprint density at radius 3 is 2.43 bits per heavy atom. The molecule has 0 heterocycles. The molecular weight excluding hydrogens is 472 g/mol. The molecule has 0 saturated carbocycles.